The zero-order chi connectivity index (χ0) is 20.2. The third-order valence-electron chi connectivity index (χ3n) is 6.10. The number of carbonyl (C=O) groups excluding carboxylic acids is 2. The Hall–Kier alpha value is -2.83. The number of nitrogens with one attached hydrogen (secondary N) is 2. The van der Waals surface area contributed by atoms with Crippen molar-refractivity contribution in [3.63, 3.8) is 0 Å². The number of amides is 2. The van der Waals surface area contributed by atoms with Crippen LogP contribution in [0.4, 0.5) is 4.79 Å². The predicted octanol–water partition coefficient (Wildman–Crippen LogP) is 3.66. The highest BCUT2D eigenvalue weighted by molar-refractivity contribution is 5.81. The molecule has 4 rings (SSSR count). The highest BCUT2D eigenvalue weighted by Crippen LogP contribution is 2.35. The molecule has 1 saturated heterocycles. The van der Waals surface area contributed by atoms with Gasteiger partial charge in [-0.3, -0.25) is 4.79 Å². The summed E-state index contributed by atoms with van der Waals surface area (Å²) in [6.07, 6.45) is 6.86. The minimum atomic E-state index is -0.466. The molecule has 7 heteroatoms. The first-order valence-corrected chi connectivity index (χ1v) is 10.4. The van der Waals surface area contributed by atoms with Crippen molar-refractivity contribution in [1.82, 2.24) is 20.2 Å². The van der Waals surface area contributed by atoms with E-state index in [0.29, 0.717) is 0 Å². The first-order chi connectivity index (χ1) is 14.2. The highest BCUT2D eigenvalue weighted by Gasteiger charge is 2.40. The maximum Gasteiger partial charge on any atom is 0.407 e. The van der Waals surface area contributed by atoms with E-state index in [-0.39, 0.29) is 23.9 Å². The van der Waals surface area contributed by atoms with Crippen LogP contribution in [0.3, 0.4) is 0 Å². The number of likely N-dealkylation sites (tertiary alicyclic amines) is 1. The summed E-state index contributed by atoms with van der Waals surface area (Å²) >= 11 is 0. The maximum absolute atomic E-state index is 13.4. The summed E-state index contributed by atoms with van der Waals surface area (Å²) < 4.78 is 4.75. The second-order valence-corrected chi connectivity index (χ2v) is 7.87. The minimum Gasteiger partial charge on any atom is -0.453 e. The first kappa shape index (κ1) is 19.5. The SMILES string of the molecule is COC(=O)N[C@@H]1CCCC[C@@H]1C(=O)N1CCC[C@H]1c1ncc(-c2ccccc2)[nH]1. The fourth-order valence-electron chi connectivity index (χ4n) is 4.61. The molecule has 3 atom stereocenters. The Bertz CT molecular complexity index is 851. The van der Waals surface area contributed by atoms with Gasteiger partial charge < -0.3 is 19.9 Å². The topological polar surface area (TPSA) is 87.3 Å². The molecule has 1 saturated carbocycles. The third kappa shape index (κ3) is 4.13. The number of ether oxygens (including phenoxy) is 1. The number of methoxy groups -OCH3 is 1. The molecule has 0 bridgehead atoms. The van der Waals surface area contributed by atoms with Crippen LogP contribution in [-0.4, -0.2) is 46.6 Å². The Morgan fingerprint density at radius 1 is 1.14 bits per heavy atom. The van der Waals surface area contributed by atoms with Crippen LogP contribution in [0.1, 0.15) is 50.4 Å². The second-order valence-electron chi connectivity index (χ2n) is 7.87. The van der Waals surface area contributed by atoms with Gasteiger partial charge in [0.25, 0.3) is 0 Å². The Labute approximate surface area is 170 Å². The largest absolute Gasteiger partial charge is 0.453 e. The number of aromatic nitrogens is 2. The zero-order valence-corrected chi connectivity index (χ0v) is 16.8. The van der Waals surface area contributed by atoms with E-state index in [0.717, 1.165) is 62.2 Å². The molecular formula is C22H28N4O3. The molecule has 2 amide bonds. The van der Waals surface area contributed by atoms with Gasteiger partial charge in [0.1, 0.15) is 5.82 Å². The quantitative estimate of drug-likeness (QED) is 0.826. The van der Waals surface area contributed by atoms with Gasteiger partial charge in [-0.1, -0.05) is 43.2 Å². The van der Waals surface area contributed by atoms with E-state index in [9.17, 15) is 9.59 Å². The van der Waals surface area contributed by atoms with Crippen molar-refractivity contribution in [3.8, 4) is 11.3 Å². The van der Waals surface area contributed by atoms with Crippen molar-refractivity contribution in [1.29, 1.82) is 0 Å². The number of imidazole rings is 1. The Morgan fingerprint density at radius 3 is 2.72 bits per heavy atom. The van der Waals surface area contributed by atoms with E-state index in [4.69, 9.17) is 4.74 Å². The third-order valence-corrected chi connectivity index (χ3v) is 6.10. The van der Waals surface area contributed by atoms with Gasteiger partial charge in [-0.05, 0) is 31.2 Å². The number of hydrogen-bond donors (Lipinski definition) is 2. The van der Waals surface area contributed by atoms with E-state index in [1.807, 2.05) is 41.4 Å². The zero-order valence-electron chi connectivity index (χ0n) is 16.8. The molecule has 1 aliphatic heterocycles. The Kier molecular flexibility index (Phi) is 5.83. The van der Waals surface area contributed by atoms with Crippen LogP contribution in [0.25, 0.3) is 11.3 Å². The van der Waals surface area contributed by atoms with Crippen molar-refractivity contribution in [2.45, 2.75) is 50.6 Å². The van der Waals surface area contributed by atoms with Gasteiger partial charge in [-0.2, -0.15) is 0 Å². The molecule has 29 heavy (non-hydrogen) atoms. The summed E-state index contributed by atoms with van der Waals surface area (Å²) in [5.41, 5.74) is 2.04. The molecule has 0 spiro atoms. The van der Waals surface area contributed by atoms with Gasteiger partial charge in [-0.25, -0.2) is 9.78 Å². The molecule has 7 nitrogen and oxygen atoms in total. The van der Waals surface area contributed by atoms with E-state index in [1.54, 1.807) is 0 Å². The number of hydrogen-bond acceptors (Lipinski definition) is 4. The first-order valence-electron chi connectivity index (χ1n) is 10.4. The number of alkyl carbamates (subject to hydrolysis) is 1. The van der Waals surface area contributed by atoms with Crippen LogP contribution < -0.4 is 5.32 Å². The van der Waals surface area contributed by atoms with Crippen LogP contribution in [0.2, 0.25) is 0 Å². The molecule has 1 aliphatic carbocycles. The molecule has 2 aliphatic rings. The summed E-state index contributed by atoms with van der Waals surface area (Å²) in [6.45, 7) is 0.728. The second kappa shape index (κ2) is 8.68. The van der Waals surface area contributed by atoms with Gasteiger partial charge in [0.05, 0.1) is 31.0 Å². The van der Waals surface area contributed by atoms with Gasteiger partial charge in [0, 0.05) is 12.6 Å². The molecule has 154 valence electrons. The summed E-state index contributed by atoms with van der Waals surface area (Å²) in [4.78, 5) is 35.1. The molecule has 0 unspecified atom stereocenters. The van der Waals surface area contributed by atoms with Crippen LogP contribution in [0, 0.1) is 5.92 Å². The molecule has 2 heterocycles. The van der Waals surface area contributed by atoms with Crippen LogP contribution in [0.15, 0.2) is 36.5 Å². The lowest BCUT2D eigenvalue weighted by atomic mass is 9.83. The number of H-pyrrole nitrogens is 1. The van der Waals surface area contributed by atoms with Gasteiger partial charge >= 0.3 is 6.09 Å². The van der Waals surface area contributed by atoms with Gasteiger partial charge in [0.15, 0.2) is 0 Å². The van der Waals surface area contributed by atoms with Crippen LogP contribution in [0.5, 0.6) is 0 Å². The van der Waals surface area contributed by atoms with E-state index in [2.05, 4.69) is 15.3 Å². The lowest BCUT2D eigenvalue weighted by Gasteiger charge is -2.35. The van der Waals surface area contributed by atoms with Crippen LogP contribution >= 0.6 is 0 Å². The lowest BCUT2D eigenvalue weighted by Crippen LogP contribution is -2.49. The molecule has 1 aromatic carbocycles. The number of rotatable bonds is 4. The summed E-state index contributed by atoms with van der Waals surface area (Å²) in [6, 6.07) is 9.86. The van der Waals surface area contributed by atoms with Crippen molar-refractivity contribution in [2.24, 2.45) is 5.92 Å². The number of aromatic amines is 1. The standard InChI is InChI=1S/C22H28N4O3/c1-29-22(28)25-17-11-6-5-10-16(17)21(27)26-13-7-12-19(26)20-23-14-18(24-20)15-8-3-2-4-9-15/h2-4,8-9,14,16-17,19H,5-7,10-13H2,1H3,(H,23,24)(H,25,28)/t16-,17+,19-/m0/s1. The van der Waals surface area contributed by atoms with E-state index in [1.165, 1.54) is 7.11 Å². The predicted molar refractivity (Wildman–Crippen MR) is 109 cm³/mol. The summed E-state index contributed by atoms with van der Waals surface area (Å²) in [5, 5.41) is 2.87. The Morgan fingerprint density at radius 2 is 1.93 bits per heavy atom. The van der Waals surface area contributed by atoms with Gasteiger partial charge in [-0.15, -0.1) is 0 Å². The van der Waals surface area contributed by atoms with Gasteiger partial charge in [0.2, 0.25) is 5.91 Å². The maximum atomic E-state index is 13.4. The molecule has 2 N–H and O–H groups in total. The van der Waals surface area contributed by atoms with Crippen molar-refractivity contribution >= 4 is 12.0 Å². The normalized spacial score (nSPS) is 24.3. The number of benzene rings is 1. The number of nitrogens with zero attached hydrogens (tertiary/aromatic N) is 2. The average molecular weight is 396 g/mol. The molecular weight excluding hydrogens is 368 g/mol. The summed E-state index contributed by atoms with van der Waals surface area (Å²) in [7, 11) is 1.35. The monoisotopic (exact) mass is 396 g/mol. The van der Waals surface area contributed by atoms with Crippen molar-refractivity contribution < 1.29 is 14.3 Å². The van der Waals surface area contributed by atoms with Crippen LogP contribution in [-0.2, 0) is 9.53 Å². The fraction of sp³-hybridized carbons (Fsp3) is 0.500. The minimum absolute atomic E-state index is 0.0411. The van der Waals surface area contributed by atoms with Crippen molar-refractivity contribution in [2.75, 3.05) is 13.7 Å². The lowest BCUT2D eigenvalue weighted by molar-refractivity contribution is -0.138. The van der Waals surface area contributed by atoms with Crippen molar-refractivity contribution in [3.05, 3.63) is 42.4 Å². The smallest absolute Gasteiger partial charge is 0.407 e. The fourth-order valence-corrected chi connectivity index (χ4v) is 4.61. The summed E-state index contributed by atoms with van der Waals surface area (Å²) in [5.74, 6) is 0.751. The van der Waals surface area contributed by atoms with E-state index < -0.39 is 6.09 Å². The molecule has 1 aromatic heterocycles. The molecule has 2 fully saturated rings. The van der Waals surface area contributed by atoms with E-state index >= 15 is 0 Å². The molecule has 0 radical (unpaired) electrons. The number of carbonyl (C=O) groups is 2. The highest BCUT2D eigenvalue weighted by atomic mass is 16.5. The average Bonchev–Trinajstić information content (AvgIpc) is 3.43. The molecule has 2 aromatic rings. The Balaban J connectivity index is 1.51.